The second-order valence-corrected chi connectivity index (χ2v) is 5.48. The fraction of sp³-hybridized carbons (Fsp3) is 0.846. The average molecular weight is 243 g/mol. The maximum absolute atomic E-state index is 11.6. The summed E-state index contributed by atoms with van der Waals surface area (Å²) < 4.78 is 4.74. The van der Waals surface area contributed by atoms with Crippen LogP contribution in [0.15, 0.2) is 0 Å². The van der Waals surface area contributed by atoms with Gasteiger partial charge in [0.15, 0.2) is 5.78 Å². The van der Waals surface area contributed by atoms with E-state index >= 15 is 0 Å². The molecule has 0 heterocycles. The van der Waals surface area contributed by atoms with Crippen LogP contribution in [-0.2, 0) is 14.3 Å². The van der Waals surface area contributed by atoms with Gasteiger partial charge in [-0.05, 0) is 26.3 Å². The number of rotatable bonds is 6. The van der Waals surface area contributed by atoms with Crippen LogP contribution >= 0.6 is 0 Å². The van der Waals surface area contributed by atoms with Crippen molar-refractivity contribution in [2.45, 2.75) is 47.1 Å². The minimum atomic E-state index is -0.436. The molecule has 0 fully saturated rings. The zero-order valence-electron chi connectivity index (χ0n) is 11.9. The molecule has 0 bridgehead atoms. The summed E-state index contributed by atoms with van der Waals surface area (Å²) in [6.45, 7) is 10.8. The summed E-state index contributed by atoms with van der Waals surface area (Å²) in [5.74, 6) is -0.531. The Morgan fingerprint density at radius 2 is 1.82 bits per heavy atom. The number of hydrogen-bond donors (Lipinski definition) is 0. The zero-order valence-corrected chi connectivity index (χ0v) is 11.9. The van der Waals surface area contributed by atoms with Crippen molar-refractivity contribution in [2.75, 3.05) is 20.2 Å². The number of carbonyl (C=O) groups is 2. The van der Waals surface area contributed by atoms with Crippen molar-refractivity contribution in [2.24, 2.45) is 5.41 Å². The predicted octanol–water partition coefficient (Wildman–Crippen LogP) is 1.88. The van der Waals surface area contributed by atoms with Crippen molar-refractivity contribution in [1.29, 1.82) is 0 Å². The van der Waals surface area contributed by atoms with Crippen LogP contribution in [-0.4, -0.2) is 42.9 Å². The summed E-state index contributed by atoms with van der Waals surface area (Å²) in [4.78, 5) is 24.7. The molecule has 1 atom stereocenters. The van der Waals surface area contributed by atoms with E-state index in [2.05, 4.69) is 27.7 Å². The van der Waals surface area contributed by atoms with E-state index < -0.39 is 5.97 Å². The molecular weight excluding hydrogens is 218 g/mol. The zero-order chi connectivity index (χ0) is 13.6. The third-order valence-electron chi connectivity index (χ3n) is 2.99. The van der Waals surface area contributed by atoms with Crippen molar-refractivity contribution in [1.82, 2.24) is 4.90 Å². The van der Waals surface area contributed by atoms with E-state index in [4.69, 9.17) is 4.74 Å². The summed E-state index contributed by atoms with van der Waals surface area (Å²) in [5.41, 5.74) is 0.110. The van der Waals surface area contributed by atoms with Gasteiger partial charge >= 0.3 is 5.97 Å². The summed E-state index contributed by atoms with van der Waals surface area (Å²) in [5, 5.41) is 0. The first kappa shape index (κ1) is 16.1. The van der Waals surface area contributed by atoms with E-state index in [1.54, 1.807) is 6.92 Å². The maximum atomic E-state index is 11.6. The summed E-state index contributed by atoms with van der Waals surface area (Å²) >= 11 is 0. The smallest absolute Gasteiger partial charge is 0.313 e. The van der Waals surface area contributed by atoms with Crippen LogP contribution in [0.25, 0.3) is 0 Å². The number of ether oxygens (including phenoxy) is 1. The Bertz CT molecular complexity index is 268. The number of carbonyl (C=O) groups excluding carboxylic acids is 2. The minimum absolute atomic E-state index is 0.0953. The highest BCUT2D eigenvalue weighted by atomic mass is 16.5. The Balaban J connectivity index is 4.17. The highest BCUT2D eigenvalue weighted by molar-refractivity contribution is 5.96. The first-order chi connectivity index (χ1) is 7.68. The summed E-state index contributed by atoms with van der Waals surface area (Å²) in [6.07, 6.45) is -0.130. The SMILES string of the molecule is CCOC(=O)CC(=O)CN(C)C(C)C(C)(C)C. The molecule has 0 aliphatic heterocycles. The van der Waals surface area contributed by atoms with Gasteiger partial charge in [0.1, 0.15) is 6.42 Å². The Labute approximate surface area is 104 Å². The lowest BCUT2D eigenvalue weighted by molar-refractivity contribution is -0.145. The number of likely N-dealkylation sites (N-methyl/N-ethyl adjacent to an activating group) is 1. The third kappa shape index (κ3) is 6.41. The Hall–Kier alpha value is -0.900. The first-order valence-electron chi connectivity index (χ1n) is 6.06. The van der Waals surface area contributed by atoms with Crippen molar-refractivity contribution < 1.29 is 14.3 Å². The quantitative estimate of drug-likeness (QED) is 0.528. The molecule has 0 aliphatic rings. The number of ketones is 1. The molecular formula is C13H25NO3. The van der Waals surface area contributed by atoms with E-state index in [0.717, 1.165) is 0 Å². The van der Waals surface area contributed by atoms with Gasteiger partial charge in [0.2, 0.25) is 0 Å². The number of Topliss-reactive ketones (excluding diaryl/α,β-unsaturated/α-hetero) is 1. The molecule has 0 amide bonds. The van der Waals surface area contributed by atoms with Crippen LogP contribution in [0.3, 0.4) is 0 Å². The Morgan fingerprint density at radius 3 is 2.24 bits per heavy atom. The van der Waals surface area contributed by atoms with Gasteiger partial charge in [-0.25, -0.2) is 0 Å². The van der Waals surface area contributed by atoms with E-state index in [0.29, 0.717) is 6.61 Å². The Kier molecular flexibility index (Phi) is 6.39. The lowest BCUT2D eigenvalue weighted by atomic mass is 9.87. The molecule has 4 nitrogen and oxygen atoms in total. The van der Waals surface area contributed by atoms with Crippen LogP contribution in [0, 0.1) is 5.41 Å². The van der Waals surface area contributed by atoms with E-state index in [9.17, 15) is 9.59 Å². The van der Waals surface area contributed by atoms with Crippen molar-refractivity contribution >= 4 is 11.8 Å². The molecule has 0 spiro atoms. The van der Waals surface area contributed by atoms with E-state index in [-0.39, 0.29) is 30.2 Å². The molecule has 17 heavy (non-hydrogen) atoms. The molecule has 0 aromatic heterocycles. The fourth-order valence-corrected chi connectivity index (χ4v) is 1.51. The number of nitrogens with zero attached hydrogens (tertiary/aromatic N) is 1. The first-order valence-corrected chi connectivity index (χ1v) is 6.06. The predicted molar refractivity (Wildman–Crippen MR) is 67.8 cm³/mol. The normalized spacial score (nSPS) is 13.6. The van der Waals surface area contributed by atoms with Crippen molar-refractivity contribution in [3.8, 4) is 0 Å². The van der Waals surface area contributed by atoms with Gasteiger partial charge in [-0.15, -0.1) is 0 Å². The highest BCUT2D eigenvalue weighted by Crippen LogP contribution is 2.22. The molecule has 4 heteroatoms. The molecule has 0 saturated heterocycles. The van der Waals surface area contributed by atoms with Gasteiger partial charge < -0.3 is 4.74 Å². The number of hydrogen-bond acceptors (Lipinski definition) is 4. The molecule has 0 aromatic rings. The van der Waals surface area contributed by atoms with Crippen LogP contribution in [0.2, 0.25) is 0 Å². The highest BCUT2D eigenvalue weighted by Gasteiger charge is 2.25. The molecule has 1 unspecified atom stereocenters. The molecule has 0 aromatic carbocycles. The van der Waals surface area contributed by atoms with Gasteiger partial charge in [-0.3, -0.25) is 14.5 Å². The topological polar surface area (TPSA) is 46.6 Å². The molecule has 0 saturated carbocycles. The second-order valence-electron chi connectivity index (χ2n) is 5.48. The number of esters is 1. The summed E-state index contributed by atoms with van der Waals surface area (Å²) in [7, 11) is 1.90. The summed E-state index contributed by atoms with van der Waals surface area (Å²) in [6, 6.07) is 0.272. The van der Waals surface area contributed by atoms with E-state index in [1.807, 2.05) is 11.9 Å². The third-order valence-corrected chi connectivity index (χ3v) is 2.99. The molecule has 0 radical (unpaired) electrons. The largest absolute Gasteiger partial charge is 0.466 e. The van der Waals surface area contributed by atoms with Gasteiger partial charge in [0.05, 0.1) is 13.2 Å². The molecule has 0 rings (SSSR count). The molecule has 0 N–H and O–H groups in total. The second kappa shape index (κ2) is 6.74. The molecule has 100 valence electrons. The maximum Gasteiger partial charge on any atom is 0.313 e. The minimum Gasteiger partial charge on any atom is -0.466 e. The Morgan fingerprint density at radius 1 is 1.29 bits per heavy atom. The van der Waals surface area contributed by atoms with Gasteiger partial charge in [0.25, 0.3) is 0 Å². The van der Waals surface area contributed by atoms with Crippen molar-refractivity contribution in [3.63, 3.8) is 0 Å². The van der Waals surface area contributed by atoms with Gasteiger partial charge in [0, 0.05) is 6.04 Å². The van der Waals surface area contributed by atoms with Crippen LogP contribution in [0.4, 0.5) is 0 Å². The monoisotopic (exact) mass is 243 g/mol. The van der Waals surface area contributed by atoms with Crippen LogP contribution in [0.1, 0.15) is 41.0 Å². The van der Waals surface area contributed by atoms with Crippen LogP contribution < -0.4 is 0 Å². The van der Waals surface area contributed by atoms with Crippen molar-refractivity contribution in [3.05, 3.63) is 0 Å². The van der Waals surface area contributed by atoms with Crippen LogP contribution in [0.5, 0.6) is 0 Å². The standard InChI is InChI=1S/C13H25NO3/c1-7-17-12(16)8-11(15)9-14(6)10(2)13(3,4)5/h10H,7-9H2,1-6H3. The average Bonchev–Trinajstić information content (AvgIpc) is 2.14. The van der Waals surface area contributed by atoms with E-state index in [1.165, 1.54) is 0 Å². The van der Waals surface area contributed by atoms with Gasteiger partial charge in [-0.1, -0.05) is 20.8 Å². The molecule has 0 aliphatic carbocycles. The lowest BCUT2D eigenvalue weighted by Gasteiger charge is -2.34. The fourth-order valence-electron chi connectivity index (χ4n) is 1.51. The van der Waals surface area contributed by atoms with Gasteiger partial charge in [-0.2, -0.15) is 0 Å². The lowest BCUT2D eigenvalue weighted by Crippen LogP contribution is -2.42.